The van der Waals surface area contributed by atoms with Gasteiger partial charge in [0.25, 0.3) is 5.56 Å². The number of fused-ring (bicyclic) bond motifs is 1. The summed E-state index contributed by atoms with van der Waals surface area (Å²) < 4.78 is 1.58. The maximum absolute atomic E-state index is 13.4. The van der Waals surface area contributed by atoms with Crippen LogP contribution in [0, 0.1) is 6.92 Å². The van der Waals surface area contributed by atoms with E-state index in [4.69, 9.17) is 11.6 Å². The van der Waals surface area contributed by atoms with Gasteiger partial charge in [0.15, 0.2) is 0 Å². The zero-order chi connectivity index (χ0) is 26.9. The highest BCUT2D eigenvalue weighted by Crippen LogP contribution is 2.32. The summed E-state index contributed by atoms with van der Waals surface area (Å²) in [7, 11) is 0. The maximum Gasteiger partial charge on any atom is 0.260 e. The van der Waals surface area contributed by atoms with Crippen molar-refractivity contribution < 1.29 is 10.2 Å². The number of nitrogens with zero attached hydrogens (tertiary/aromatic N) is 5. The topological polar surface area (TPSA) is 126 Å². The lowest BCUT2D eigenvalue weighted by Crippen LogP contribution is -2.25. The van der Waals surface area contributed by atoms with E-state index in [0.29, 0.717) is 52.5 Å². The molecular weight excluding hydrogens is 492 g/mol. The Morgan fingerprint density at radius 3 is 2.35 bits per heavy atom. The van der Waals surface area contributed by atoms with Crippen molar-refractivity contribution in [2.75, 3.05) is 18.5 Å². The first kappa shape index (κ1) is 28.2. The number of nitrogens with one attached hydrogen (secondary N) is 1. The highest BCUT2D eigenvalue weighted by molar-refractivity contribution is 6.33. The number of aliphatic hydroxyl groups excluding tert-OH is 2. The van der Waals surface area contributed by atoms with Crippen LogP contribution >= 0.6 is 11.6 Å². The number of benzene rings is 1. The van der Waals surface area contributed by atoms with E-state index in [-0.39, 0.29) is 24.8 Å². The van der Waals surface area contributed by atoms with Crippen LogP contribution in [0.3, 0.4) is 0 Å². The van der Waals surface area contributed by atoms with Crippen molar-refractivity contribution in [1.82, 2.24) is 24.5 Å². The van der Waals surface area contributed by atoms with Crippen molar-refractivity contribution in [2.24, 2.45) is 0 Å². The molecule has 0 fully saturated rings. The Hall–Kier alpha value is -3.40. The standard InChI is InChI=1S/C25H27ClN6O3.C2H6/c1-3-32-23-17(14-29-25(31-23)30-18(6-10-33)7-11-34)12-20(24(32)35)19-5-4-16(13-21(19)26)22-15(2)27-8-9-28-22;1-2/h4-5,8-9,12-14,18,33-34H,3,6-7,10-11H2,1-2H3,(H,29,30,31);1-2H3. The molecule has 0 radical (unpaired) electrons. The molecule has 4 aromatic rings. The molecule has 0 aliphatic rings. The predicted molar refractivity (Wildman–Crippen MR) is 148 cm³/mol. The van der Waals surface area contributed by atoms with Crippen LogP contribution in [0.2, 0.25) is 5.02 Å². The number of anilines is 1. The molecule has 4 rings (SSSR count). The van der Waals surface area contributed by atoms with Crippen molar-refractivity contribution in [3.63, 3.8) is 0 Å². The molecule has 9 nitrogen and oxygen atoms in total. The molecule has 196 valence electrons. The number of hydrogen-bond acceptors (Lipinski definition) is 8. The molecule has 3 aromatic heterocycles. The minimum absolute atomic E-state index is 0.0236. The Morgan fingerprint density at radius 2 is 1.73 bits per heavy atom. The van der Waals surface area contributed by atoms with Gasteiger partial charge >= 0.3 is 0 Å². The third-order valence-electron chi connectivity index (χ3n) is 5.85. The van der Waals surface area contributed by atoms with Gasteiger partial charge in [0.05, 0.1) is 11.4 Å². The molecule has 3 heterocycles. The quantitative estimate of drug-likeness (QED) is 0.293. The smallest absolute Gasteiger partial charge is 0.260 e. The van der Waals surface area contributed by atoms with Crippen LogP contribution in [0.1, 0.15) is 39.3 Å². The Bertz CT molecular complexity index is 1400. The molecule has 0 saturated heterocycles. The lowest BCUT2D eigenvalue weighted by molar-refractivity contribution is 0.247. The third-order valence-corrected chi connectivity index (χ3v) is 6.16. The highest BCUT2D eigenvalue weighted by atomic mass is 35.5. The van der Waals surface area contributed by atoms with Crippen molar-refractivity contribution in [1.29, 1.82) is 0 Å². The van der Waals surface area contributed by atoms with Crippen LogP contribution in [0.15, 0.2) is 47.7 Å². The van der Waals surface area contributed by atoms with Crippen LogP contribution in [0.5, 0.6) is 0 Å². The van der Waals surface area contributed by atoms with Gasteiger partial charge in [-0.2, -0.15) is 4.98 Å². The van der Waals surface area contributed by atoms with E-state index in [9.17, 15) is 15.0 Å². The molecule has 0 aliphatic heterocycles. The van der Waals surface area contributed by atoms with Gasteiger partial charge in [0.2, 0.25) is 5.95 Å². The summed E-state index contributed by atoms with van der Waals surface area (Å²) in [5.74, 6) is 0.334. The Morgan fingerprint density at radius 1 is 1.03 bits per heavy atom. The van der Waals surface area contributed by atoms with Crippen molar-refractivity contribution >= 4 is 28.6 Å². The van der Waals surface area contributed by atoms with Gasteiger partial charge in [-0.1, -0.05) is 37.6 Å². The second kappa shape index (κ2) is 13.2. The summed E-state index contributed by atoms with van der Waals surface area (Å²) in [5.41, 5.74) is 3.69. The van der Waals surface area contributed by atoms with Gasteiger partial charge in [-0.25, -0.2) is 4.98 Å². The molecule has 3 N–H and O–H groups in total. The van der Waals surface area contributed by atoms with Gasteiger partial charge in [-0.3, -0.25) is 19.3 Å². The molecule has 0 aliphatic carbocycles. The molecule has 0 saturated carbocycles. The summed E-state index contributed by atoms with van der Waals surface area (Å²) in [5, 5.41) is 22.8. The van der Waals surface area contributed by atoms with E-state index < -0.39 is 0 Å². The molecule has 0 atom stereocenters. The van der Waals surface area contributed by atoms with Gasteiger partial charge in [-0.05, 0) is 38.8 Å². The average molecular weight is 525 g/mol. The van der Waals surface area contributed by atoms with Gasteiger partial charge in [0.1, 0.15) is 5.65 Å². The SMILES string of the molecule is CC.CCn1c(=O)c(-c2ccc(-c3nccnc3C)cc2Cl)cc2cnc(NC(CCO)CCO)nc21. The second-order valence-electron chi connectivity index (χ2n) is 8.13. The van der Waals surface area contributed by atoms with Crippen LogP contribution in [-0.4, -0.2) is 54.0 Å². The first-order chi connectivity index (χ1) is 18.0. The van der Waals surface area contributed by atoms with Gasteiger partial charge in [-0.15, -0.1) is 0 Å². The number of halogens is 1. The van der Waals surface area contributed by atoms with Gasteiger partial charge < -0.3 is 15.5 Å². The van der Waals surface area contributed by atoms with Crippen molar-refractivity contribution in [2.45, 2.75) is 53.1 Å². The first-order valence-electron chi connectivity index (χ1n) is 12.4. The highest BCUT2D eigenvalue weighted by Gasteiger charge is 2.17. The Labute approximate surface area is 221 Å². The van der Waals surface area contributed by atoms with Crippen molar-refractivity contribution in [3.8, 4) is 22.4 Å². The van der Waals surface area contributed by atoms with E-state index in [1.807, 2.05) is 39.8 Å². The lowest BCUT2D eigenvalue weighted by atomic mass is 10.0. The van der Waals surface area contributed by atoms with Crippen LogP contribution < -0.4 is 10.9 Å². The fraction of sp³-hybridized carbons (Fsp3) is 0.370. The summed E-state index contributed by atoms with van der Waals surface area (Å²) in [4.78, 5) is 31.1. The van der Waals surface area contributed by atoms with E-state index in [1.165, 1.54) is 0 Å². The third kappa shape index (κ3) is 6.30. The van der Waals surface area contributed by atoms with Gasteiger partial charge in [0, 0.05) is 71.5 Å². The molecular formula is C27H33ClN6O3. The first-order valence-corrected chi connectivity index (χ1v) is 12.8. The van der Waals surface area contributed by atoms with E-state index in [1.54, 1.807) is 35.3 Å². The molecule has 1 aromatic carbocycles. The molecule has 0 unspecified atom stereocenters. The molecule has 10 heteroatoms. The summed E-state index contributed by atoms with van der Waals surface area (Å²) in [6, 6.07) is 7.06. The normalized spacial score (nSPS) is 10.9. The Kier molecular flexibility index (Phi) is 10.1. The number of aliphatic hydroxyl groups is 2. The van der Waals surface area contributed by atoms with Crippen molar-refractivity contribution in [3.05, 3.63) is 63.9 Å². The second-order valence-corrected chi connectivity index (χ2v) is 8.54. The summed E-state index contributed by atoms with van der Waals surface area (Å²) in [6.07, 6.45) is 5.82. The number of hydrogen-bond donors (Lipinski definition) is 3. The number of aryl methyl sites for hydroxylation is 2. The van der Waals surface area contributed by atoms with Crippen LogP contribution in [0.4, 0.5) is 5.95 Å². The van der Waals surface area contributed by atoms with E-state index in [0.717, 1.165) is 17.0 Å². The zero-order valence-corrected chi connectivity index (χ0v) is 22.3. The van der Waals surface area contributed by atoms with E-state index in [2.05, 4.69) is 25.3 Å². The zero-order valence-electron chi connectivity index (χ0n) is 21.6. The van der Waals surface area contributed by atoms with Crippen LogP contribution in [0.25, 0.3) is 33.4 Å². The fourth-order valence-electron chi connectivity index (χ4n) is 4.07. The average Bonchev–Trinajstić information content (AvgIpc) is 2.90. The maximum atomic E-state index is 13.4. The molecule has 37 heavy (non-hydrogen) atoms. The molecule has 0 amide bonds. The van der Waals surface area contributed by atoms with Crippen LogP contribution in [-0.2, 0) is 6.54 Å². The Balaban J connectivity index is 0.00000186. The predicted octanol–water partition coefficient (Wildman–Crippen LogP) is 4.47. The van der Waals surface area contributed by atoms with E-state index >= 15 is 0 Å². The summed E-state index contributed by atoms with van der Waals surface area (Å²) in [6.45, 7) is 8.12. The molecule has 0 bridgehead atoms. The number of rotatable bonds is 9. The summed E-state index contributed by atoms with van der Waals surface area (Å²) >= 11 is 6.65. The fourth-order valence-corrected chi connectivity index (χ4v) is 4.35. The number of aromatic nitrogens is 5. The lowest BCUT2D eigenvalue weighted by Gasteiger charge is -2.17. The number of pyridine rings is 1. The largest absolute Gasteiger partial charge is 0.396 e. The monoisotopic (exact) mass is 524 g/mol. The minimum atomic E-state index is -0.211. The minimum Gasteiger partial charge on any atom is -0.396 e. The molecule has 0 spiro atoms.